The maximum Gasteiger partial charge on any atom is 0.222 e. The van der Waals surface area contributed by atoms with Crippen LogP contribution in [0.1, 0.15) is 33.1 Å². The summed E-state index contributed by atoms with van der Waals surface area (Å²) < 4.78 is 10.7. The van der Waals surface area contributed by atoms with Crippen molar-refractivity contribution in [3.05, 3.63) is 24.3 Å². The van der Waals surface area contributed by atoms with Crippen LogP contribution in [0.15, 0.2) is 24.3 Å². The molecule has 0 fully saturated rings. The van der Waals surface area contributed by atoms with Crippen LogP contribution >= 0.6 is 0 Å². The second-order valence-corrected chi connectivity index (χ2v) is 4.89. The molecule has 4 nitrogen and oxygen atoms in total. The van der Waals surface area contributed by atoms with Crippen LogP contribution in [0.25, 0.3) is 0 Å². The van der Waals surface area contributed by atoms with E-state index in [0.29, 0.717) is 19.1 Å². The Labute approximate surface area is 121 Å². The summed E-state index contributed by atoms with van der Waals surface area (Å²) in [5.41, 5.74) is 0. The van der Waals surface area contributed by atoms with Gasteiger partial charge in [-0.1, -0.05) is 6.92 Å². The summed E-state index contributed by atoms with van der Waals surface area (Å²) in [5.74, 6) is 1.79. The van der Waals surface area contributed by atoms with Crippen molar-refractivity contribution in [1.82, 2.24) is 4.90 Å². The Morgan fingerprint density at radius 2 is 1.85 bits per heavy atom. The zero-order valence-corrected chi connectivity index (χ0v) is 12.9. The monoisotopic (exact) mass is 279 g/mol. The Morgan fingerprint density at radius 3 is 2.40 bits per heavy atom. The third-order valence-corrected chi connectivity index (χ3v) is 3.51. The number of carbonyl (C=O) groups is 1. The highest BCUT2D eigenvalue weighted by molar-refractivity contribution is 5.76. The van der Waals surface area contributed by atoms with Crippen molar-refractivity contribution in [2.45, 2.75) is 39.2 Å². The Bertz CT molecular complexity index is 403. The number of rotatable bonds is 8. The summed E-state index contributed by atoms with van der Waals surface area (Å²) in [5, 5.41) is 0. The van der Waals surface area contributed by atoms with Crippen molar-refractivity contribution in [2.75, 3.05) is 20.8 Å². The number of nitrogens with zero attached hydrogens (tertiary/aromatic N) is 1. The van der Waals surface area contributed by atoms with Crippen LogP contribution < -0.4 is 9.47 Å². The average molecular weight is 279 g/mol. The standard InChI is InChI=1S/C16H25NO3/c1-5-13(2)17(3)16(18)7-6-12-20-15-10-8-14(19-4)9-11-15/h8-11,13H,5-7,12H2,1-4H3. The van der Waals surface area contributed by atoms with Gasteiger partial charge in [0.2, 0.25) is 5.91 Å². The first-order chi connectivity index (χ1) is 9.58. The van der Waals surface area contributed by atoms with E-state index < -0.39 is 0 Å². The van der Waals surface area contributed by atoms with E-state index in [4.69, 9.17) is 9.47 Å². The molecule has 0 aliphatic heterocycles. The van der Waals surface area contributed by atoms with Gasteiger partial charge in [0.15, 0.2) is 0 Å². The fourth-order valence-corrected chi connectivity index (χ4v) is 1.78. The molecule has 0 saturated heterocycles. The molecule has 0 radical (unpaired) electrons. The molecule has 1 amide bonds. The number of methoxy groups -OCH3 is 1. The Hall–Kier alpha value is -1.71. The van der Waals surface area contributed by atoms with Gasteiger partial charge < -0.3 is 14.4 Å². The molecular weight excluding hydrogens is 254 g/mol. The molecule has 0 spiro atoms. The van der Waals surface area contributed by atoms with Crippen molar-refractivity contribution in [3.8, 4) is 11.5 Å². The quantitative estimate of drug-likeness (QED) is 0.686. The first kappa shape index (κ1) is 16.3. The highest BCUT2D eigenvalue weighted by Gasteiger charge is 2.13. The van der Waals surface area contributed by atoms with Crippen molar-refractivity contribution in [3.63, 3.8) is 0 Å². The van der Waals surface area contributed by atoms with Gasteiger partial charge in [-0.15, -0.1) is 0 Å². The lowest BCUT2D eigenvalue weighted by Crippen LogP contribution is -2.34. The van der Waals surface area contributed by atoms with E-state index >= 15 is 0 Å². The minimum Gasteiger partial charge on any atom is -0.497 e. The largest absolute Gasteiger partial charge is 0.497 e. The molecule has 1 aromatic rings. The van der Waals surface area contributed by atoms with E-state index in [1.54, 1.807) is 7.11 Å². The van der Waals surface area contributed by atoms with Gasteiger partial charge in [0.1, 0.15) is 11.5 Å². The van der Waals surface area contributed by atoms with Crippen molar-refractivity contribution < 1.29 is 14.3 Å². The molecule has 1 aromatic carbocycles. The van der Waals surface area contributed by atoms with Gasteiger partial charge >= 0.3 is 0 Å². The van der Waals surface area contributed by atoms with E-state index in [1.807, 2.05) is 36.2 Å². The second-order valence-electron chi connectivity index (χ2n) is 4.89. The maximum absolute atomic E-state index is 11.9. The van der Waals surface area contributed by atoms with Crippen LogP contribution in [-0.4, -0.2) is 37.6 Å². The lowest BCUT2D eigenvalue weighted by Gasteiger charge is -2.23. The highest BCUT2D eigenvalue weighted by atomic mass is 16.5. The van der Waals surface area contributed by atoms with Crippen LogP contribution in [0, 0.1) is 0 Å². The fourth-order valence-electron chi connectivity index (χ4n) is 1.78. The molecule has 1 rings (SSSR count). The first-order valence-corrected chi connectivity index (χ1v) is 7.11. The van der Waals surface area contributed by atoms with E-state index in [2.05, 4.69) is 13.8 Å². The van der Waals surface area contributed by atoms with E-state index in [9.17, 15) is 4.79 Å². The topological polar surface area (TPSA) is 38.8 Å². The zero-order valence-electron chi connectivity index (χ0n) is 12.9. The minimum atomic E-state index is 0.178. The molecule has 0 bridgehead atoms. The van der Waals surface area contributed by atoms with Gasteiger partial charge in [0, 0.05) is 19.5 Å². The number of ether oxygens (including phenoxy) is 2. The fraction of sp³-hybridized carbons (Fsp3) is 0.562. The molecule has 20 heavy (non-hydrogen) atoms. The smallest absolute Gasteiger partial charge is 0.222 e. The Kier molecular flexibility index (Phi) is 6.91. The van der Waals surface area contributed by atoms with Gasteiger partial charge in [-0.2, -0.15) is 0 Å². The lowest BCUT2D eigenvalue weighted by atomic mass is 10.2. The molecule has 0 saturated carbocycles. The third-order valence-electron chi connectivity index (χ3n) is 3.51. The molecule has 1 atom stereocenters. The molecule has 0 N–H and O–H groups in total. The van der Waals surface area contributed by atoms with Crippen LogP contribution in [0.2, 0.25) is 0 Å². The normalized spacial score (nSPS) is 11.8. The van der Waals surface area contributed by atoms with E-state index in [-0.39, 0.29) is 5.91 Å². The van der Waals surface area contributed by atoms with Crippen LogP contribution in [0.5, 0.6) is 11.5 Å². The number of hydrogen-bond acceptors (Lipinski definition) is 3. The van der Waals surface area contributed by atoms with Gasteiger partial charge in [-0.3, -0.25) is 4.79 Å². The number of benzene rings is 1. The summed E-state index contributed by atoms with van der Waals surface area (Å²) in [6, 6.07) is 7.75. The van der Waals surface area contributed by atoms with Crippen molar-refractivity contribution in [1.29, 1.82) is 0 Å². The molecule has 1 unspecified atom stereocenters. The maximum atomic E-state index is 11.9. The Balaban J connectivity index is 2.25. The lowest BCUT2D eigenvalue weighted by molar-refractivity contribution is -0.131. The molecular formula is C16H25NO3. The second kappa shape index (κ2) is 8.46. The van der Waals surface area contributed by atoms with Crippen LogP contribution in [0.3, 0.4) is 0 Å². The highest BCUT2D eigenvalue weighted by Crippen LogP contribution is 2.17. The number of hydrogen-bond donors (Lipinski definition) is 0. The van der Waals surface area contributed by atoms with Gasteiger partial charge in [0.25, 0.3) is 0 Å². The summed E-state index contributed by atoms with van der Waals surface area (Å²) in [7, 11) is 3.50. The summed E-state index contributed by atoms with van der Waals surface area (Å²) in [6.07, 6.45) is 2.23. The molecule has 0 aliphatic rings. The number of carbonyl (C=O) groups excluding carboxylic acids is 1. The molecule has 0 heterocycles. The van der Waals surface area contributed by atoms with Crippen LogP contribution in [0.4, 0.5) is 0 Å². The van der Waals surface area contributed by atoms with Crippen LogP contribution in [-0.2, 0) is 4.79 Å². The summed E-state index contributed by atoms with van der Waals surface area (Å²) >= 11 is 0. The van der Waals surface area contributed by atoms with E-state index in [0.717, 1.165) is 24.3 Å². The predicted molar refractivity (Wildman–Crippen MR) is 80.2 cm³/mol. The zero-order chi connectivity index (χ0) is 15.0. The van der Waals surface area contributed by atoms with Crippen molar-refractivity contribution >= 4 is 5.91 Å². The number of amides is 1. The van der Waals surface area contributed by atoms with Gasteiger partial charge in [-0.25, -0.2) is 0 Å². The van der Waals surface area contributed by atoms with Gasteiger partial charge in [0.05, 0.1) is 13.7 Å². The minimum absolute atomic E-state index is 0.178. The first-order valence-electron chi connectivity index (χ1n) is 7.11. The average Bonchev–Trinajstić information content (AvgIpc) is 2.50. The van der Waals surface area contributed by atoms with Crippen molar-refractivity contribution in [2.24, 2.45) is 0 Å². The molecule has 0 aliphatic carbocycles. The Morgan fingerprint density at radius 1 is 1.25 bits per heavy atom. The summed E-state index contributed by atoms with van der Waals surface area (Å²) in [4.78, 5) is 13.7. The molecule has 0 aromatic heterocycles. The predicted octanol–water partition coefficient (Wildman–Crippen LogP) is 3.11. The molecule has 112 valence electrons. The molecule has 4 heteroatoms. The van der Waals surface area contributed by atoms with Gasteiger partial charge in [-0.05, 0) is 44.0 Å². The summed E-state index contributed by atoms with van der Waals surface area (Å²) in [6.45, 7) is 4.69. The van der Waals surface area contributed by atoms with E-state index in [1.165, 1.54) is 0 Å². The SMILES string of the molecule is CCC(C)N(C)C(=O)CCCOc1ccc(OC)cc1. The third kappa shape index (κ3) is 5.11.